The van der Waals surface area contributed by atoms with Crippen LogP contribution in [0.4, 0.5) is 5.69 Å². The number of benzene rings is 1. The van der Waals surface area contributed by atoms with Crippen molar-refractivity contribution in [1.29, 1.82) is 0 Å². The maximum absolute atomic E-state index is 5.72. The molecule has 0 radical (unpaired) electrons. The molecule has 2 aliphatic heterocycles. The minimum Gasteiger partial charge on any atom is -0.468 e. The summed E-state index contributed by atoms with van der Waals surface area (Å²) < 4.78 is 5.72. The average Bonchev–Trinajstić information content (AvgIpc) is 3.40. The first kappa shape index (κ1) is 19.2. The van der Waals surface area contributed by atoms with Gasteiger partial charge in [0.2, 0.25) is 0 Å². The largest absolute Gasteiger partial charge is 0.468 e. The van der Waals surface area contributed by atoms with E-state index in [0.29, 0.717) is 0 Å². The molecule has 0 saturated carbocycles. The van der Waals surface area contributed by atoms with Crippen LogP contribution in [0.25, 0.3) is 0 Å². The molecule has 2 aromatic rings. The Morgan fingerprint density at radius 2 is 1.96 bits per heavy atom. The van der Waals surface area contributed by atoms with Crippen LogP contribution in [0.3, 0.4) is 0 Å². The second-order valence-electron chi connectivity index (χ2n) is 6.73. The Balaban J connectivity index is 0.00000196. The molecule has 1 unspecified atom stereocenters. The lowest BCUT2D eigenvalue weighted by Gasteiger charge is -2.29. The van der Waals surface area contributed by atoms with Gasteiger partial charge < -0.3 is 14.6 Å². The Morgan fingerprint density at radius 3 is 2.69 bits per heavy atom. The molecule has 4 rings (SSSR count). The minimum atomic E-state index is 0. The highest BCUT2D eigenvalue weighted by atomic mass is 127. The van der Waals surface area contributed by atoms with Crippen molar-refractivity contribution in [2.75, 3.05) is 38.1 Å². The number of furan rings is 1. The van der Waals surface area contributed by atoms with Crippen molar-refractivity contribution in [2.45, 2.75) is 25.3 Å². The molecular weight excluding hydrogens is 439 g/mol. The van der Waals surface area contributed by atoms with Crippen LogP contribution in [0, 0.1) is 0 Å². The van der Waals surface area contributed by atoms with Gasteiger partial charge in [0.1, 0.15) is 5.76 Å². The van der Waals surface area contributed by atoms with Crippen molar-refractivity contribution in [3.8, 4) is 0 Å². The van der Waals surface area contributed by atoms with Gasteiger partial charge in [0.25, 0.3) is 0 Å². The molecule has 1 fully saturated rings. The van der Waals surface area contributed by atoms with E-state index < -0.39 is 0 Å². The number of aliphatic imine (C=N–C) groups is 1. The van der Waals surface area contributed by atoms with Gasteiger partial charge in [0, 0.05) is 25.8 Å². The summed E-state index contributed by atoms with van der Waals surface area (Å²) in [7, 11) is 1.86. The summed E-state index contributed by atoms with van der Waals surface area (Å²) >= 11 is 0. The van der Waals surface area contributed by atoms with Gasteiger partial charge in [0.05, 0.1) is 12.3 Å². The van der Waals surface area contributed by atoms with E-state index in [9.17, 15) is 0 Å². The van der Waals surface area contributed by atoms with Crippen molar-refractivity contribution < 1.29 is 4.42 Å². The number of fused-ring (bicyclic) bond motifs is 1. The molecule has 0 amide bonds. The van der Waals surface area contributed by atoms with E-state index in [1.165, 1.54) is 24.1 Å². The predicted molar refractivity (Wildman–Crippen MR) is 117 cm³/mol. The number of hydrogen-bond donors (Lipinski definition) is 1. The lowest BCUT2D eigenvalue weighted by atomic mass is 10.2. The Bertz CT molecular complexity index is 725. The normalized spacial score (nSPS) is 18.5. The number of nitrogens with one attached hydrogen (secondary N) is 1. The highest BCUT2D eigenvalue weighted by molar-refractivity contribution is 14.0. The standard InChI is InChI=1S/C20H26N4O.HI/c1-21-20(24-13-10-16-7-2-3-8-17(16)24)22-15-18(19-9-6-14-25-19)23-11-4-5-12-23;/h2-3,6-9,14,18H,4-5,10-13,15H2,1H3,(H,21,22);1H. The highest BCUT2D eigenvalue weighted by Gasteiger charge is 2.27. The number of para-hydroxylation sites is 1. The molecule has 140 valence electrons. The SMILES string of the molecule is CN=C(NCC(c1ccco1)N1CCCC1)N1CCc2ccccc21.I. The average molecular weight is 466 g/mol. The first-order chi connectivity index (χ1) is 12.4. The van der Waals surface area contributed by atoms with Crippen molar-refractivity contribution in [3.63, 3.8) is 0 Å². The summed E-state index contributed by atoms with van der Waals surface area (Å²) in [5, 5.41) is 3.59. The number of rotatable bonds is 4. The van der Waals surface area contributed by atoms with Crippen molar-refractivity contribution in [1.82, 2.24) is 10.2 Å². The van der Waals surface area contributed by atoms with Crippen LogP contribution in [0.15, 0.2) is 52.1 Å². The summed E-state index contributed by atoms with van der Waals surface area (Å²) in [6.07, 6.45) is 5.38. The van der Waals surface area contributed by atoms with Gasteiger partial charge >= 0.3 is 0 Å². The van der Waals surface area contributed by atoms with Gasteiger partial charge in [-0.3, -0.25) is 9.89 Å². The zero-order chi connectivity index (χ0) is 17.1. The Hall–Kier alpha value is -1.54. The van der Waals surface area contributed by atoms with Crippen molar-refractivity contribution in [2.24, 2.45) is 4.99 Å². The van der Waals surface area contributed by atoms with Gasteiger partial charge in [-0.2, -0.15) is 0 Å². The van der Waals surface area contributed by atoms with E-state index in [1.54, 1.807) is 6.26 Å². The summed E-state index contributed by atoms with van der Waals surface area (Å²) in [6, 6.07) is 12.9. The van der Waals surface area contributed by atoms with Gasteiger partial charge in [-0.05, 0) is 56.1 Å². The van der Waals surface area contributed by atoms with Crippen LogP contribution in [0.5, 0.6) is 0 Å². The third kappa shape index (κ3) is 3.91. The first-order valence-corrected chi connectivity index (χ1v) is 9.20. The molecule has 0 spiro atoms. The molecule has 1 aromatic heterocycles. The molecule has 5 nitrogen and oxygen atoms in total. The second kappa shape index (κ2) is 8.90. The number of likely N-dealkylation sites (tertiary alicyclic amines) is 1. The number of guanidine groups is 1. The molecule has 26 heavy (non-hydrogen) atoms. The molecule has 1 aromatic carbocycles. The second-order valence-corrected chi connectivity index (χ2v) is 6.73. The van der Waals surface area contributed by atoms with E-state index in [1.807, 2.05) is 13.1 Å². The van der Waals surface area contributed by atoms with Crippen LogP contribution in [-0.2, 0) is 6.42 Å². The number of nitrogens with zero attached hydrogens (tertiary/aromatic N) is 3. The van der Waals surface area contributed by atoms with Crippen LogP contribution >= 0.6 is 24.0 Å². The monoisotopic (exact) mass is 466 g/mol. The number of anilines is 1. The molecular formula is C20H27IN4O. The molecule has 6 heteroatoms. The molecule has 3 heterocycles. The van der Waals surface area contributed by atoms with E-state index in [2.05, 4.69) is 50.4 Å². The quantitative estimate of drug-likeness (QED) is 0.425. The van der Waals surface area contributed by atoms with E-state index in [4.69, 9.17) is 4.42 Å². The fourth-order valence-corrected chi connectivity index (χ4v) is 3.99. The summed E-state index contributed by atoms with van der Waals surface area (Å²) in [5.41, 5.74) is 2.67. The predicted octanol–water partition coefficient (Wildman–Crippen LogP) is 3.67. The Kier molecular flexibility index (Phi) is 6.58. The number of hydrogen-bond acceptors (Lipinski definition) is 3. The Morgan fingerprint density at radius 1 is 1.15 bits per heavy atom. The molecule has 0 aliphatic carbocycles. The molecule has 0 bridgehead atoms. The zero-order valence-electron chi connectivity index (χ0n) is 15.2. The molecule has 1 atom stereocenters. The summed E-state index contributed by atoms with van der Waals surface area (Å²) in [5.74, 6) is 1.98. The van der Waals surface area contributed by atoms with Crippen LogP contribution in [0.2, 0.25) is 0 Å². The molecule has 1 N–H and O–H groups in total. The van der Waals surface area contributed by atoms with E-state index in [-0.39, 0.29) is 30.0 Å². The summed E-state index contributed by atoms with van der Waals surface area (Å²) in [4.78, 5) is 9.33. The third-order valence-electron chi connectivity index (χ3n) is 5.26. The minimum absolute atomic E-state index is 0. The fourth-order valence-electron chi connectivity index (χ4n) is 3.99. The summed E-state index contributed by atoms with van der Waals surface area (Å²) in [6.45, 7) is 4.06. The van der Waals surface area contributed by atoms with Gasteiger partial charge in [-0.25, -0.2) is 0 Å². The Labute approximate surface area is 172 Å². The van der Waals surface area contributed by atoms with Crippen LogP contribution < -0.4 is 10.2 Å². The smallest absolute Gasteiger partial charge is 0.198 e. The van der Waals surface area contributed by atoms with E-state index in [0.717, 1.165) is 44.3 Å². The van der Waals surface area contributed by atoms with Gasteiger partial charge in [-0.15, -0.1) is 24.0 Å². The van der Waals surface area contributed by atoms with Crippen LogP contribution in [-0.4, -0.2) is 44.1 Å². The van der Waals surface area contributed by atoms with Gasteiger partial charge in [0.15, 0.2) is 5.96 Å². The fraction of sp³-hybridized carbons (Fsp3) is 0.450. The van der Waals surface area contributed by atoms with Crippen molar-refractivity contribution in [3.05, 3.63) is 54.0 Å². The highest BCUT2D eigenvalue weighted by Crippen LogP contribution is 2.28. The maximum Gasteiger partial charge on any atom is 0.198 e. The van der Waals surface area contributed by atoms with Gasteiger partial charge in [-0.1, -0.05) is 18.2 Å². The first-order valence-electron chi connectivity index (χ1n) is 9.20. The third-order valence-corrected chi connectivity index (χ3v) is 5.26. The molecule has 1 saturated heterocycles. The topological polar surface area (TPSA) is 44.0 Å². The number of halogens is 1. The lowest BCUT2D eigenvalue weighted by Crippen LogP contribution is -2.44. The van der Waals surface area contributed by atoms with Crippen molar-refractivity contribution >= 4 is 35.6 Å². The molecule has 2 aliphatic rings. The lowest BCUT2D eigenvalue weighted by molar-refractivity contribution is 0.215. The van der Waals surface area contributed by atoms with E-state index >= 15 is 0 Å². The maximum atomic E-state index is 5.72. The zero-order valence-corrected chi connectivity index (χ0v) is 17.6. The van der Waals surface area contributed by atoms with Crippen LogP contribution in [0.1, 0.15) is 30.2 Å².